The highest BCUT2D eigenvalue weighted by atomic mass is 32.2. The first-order valence-corrected chi connectivity index (χ1v) is 13.4. The van der Waals surface area contributed by atoms with Crippen molar-refractivity contribution in [2.24, 2.45) is 4.36 Å². The van der Waals surface area contributed by atoms with Gasteiger partial charge in [0.1, 0.15) is 17.5 Å². The summed E-state index contributed by atoms with van der Waals surface area (Å²) < 4.78 is 16.1. The highest BCUT2D eigenvalue weighted by Gasteiger charge is 2.30. The lowest BCUT2D eigenvalue weighted by Crippen LogP contribution is -2.29. The molecule has 0 bridgehead atoms. The zero-order chi connectivity index (χ0) is 23.9. The summed E-state index contributed by atoms with van der Waals surface area (Å²) in [6, 6.07) is 11.7. The van der Waals surface area contributed by atoms with Crippen LogP contribution < -0.4 is 10.6 Å². The summed E-state index contributed by atoms with van der Waals surface area (Å²) >= 11 is 0. The number of hydrogen-bond acceptors (Lipinski definition) is 9. The molecule has 0 saturated heterocycles. The molecule has 2 N–H and O–H groups in total. The van der Waals surface area contributed by atoms with E-state index in [0.717, 1.165) is 25.2 Å². The quantitative estimate of drug-likeness (QED) is 0.568. The van der Waals surface area contributed by atoms with Gasteiger partial charge < -0.3 is 15.5 Å². The van der Waals surface area contributed by atoms with E-state index < -0.39 is 9.73 Å². The number of benzene rings is 1. The van der Waals surface area contributed by atoms with Crippen LogP contribution in [0.5, 0.6) is 0 Å². The van der Waals surface area contributed by atoms with Crippen LogP contribution in [0.25, 0.3) is 0 Å². The first kappa shape index (κ1) is 22.3. The monoisotopic (exact) mass is 474 g/mol. The molecule has 0 saturated carbocycles. The Hall–Kier alpha value is -3.55. The summed E-state index contributed by atoms with van der Waals surface area (Å²) in [5.41, 5.74) is 5.51. The van der Waals surface area contributed by atoms with Crippen LogP contribution in [0.1, 0.15) is 34.6 Å². The minimum Gasteiger partial charge on any atom is -0.324 e. The number of hydrogen-bond donors (Lipinski definition) is 2. The van der Waals surface area contributed by atoms with Crippen LogP contribution in [0.3, 0.4) is 0 Å². The van der Waals surface area contributed by atoms with Crippen molar-refractivity contribution in [2.75, 3.05) is 36.7 Å². The molecule has 3 heterocycles. The van der Waals surface area contributed by atoms with Crippen molar-refractivity contribution in [3.8, 4) is 6.07 Å². The number of anilines is 4. The van der Waals surface area contributed by atoms with Gasteiger partial charge in [-0.15, -0.1) is 0 Å². The lowest BCUT2D eigenvalue weighted by atomic mass is 9.91. The van der Waals surface area contributed by atoms with Crippen molar-refractivity contribution < 1.29 is 4.21 Å². The third-order valence-corrected chi connectivity index (χ3v) is 6.58. The third kappa shape index (κ3) is 4.71. The summed E-state index contributed by atoms with van der Waals surface area (Å²) in [6.45, 7) is 2.06. The van der Waals surface area contributed by atoms with Gasteiger partial charge in [0.15, 0.2) is 11.6 Å². The Kier molecular flexibility index (Phi) is 5.67. The fourth-order valence-electron chi connectivity index (χ4n) is 4.74. The first-order valence-electron chi connectivity index (χ1n) is 11.1. The van der Waals surface area contributed by atoms with Gasteiger partial charge in [-0.05, 0) is 66.8 Å². The molecule has 1 unspecified atom stereocenters. The van der Waals surface area contributed by atoms with Gasteiger partial charge in [0, 0.05) is 41.0 Å². The molecule has 1 aromatic carbocycles. The minimum absolute atomic E-state index is 0.290. The van der Waals surface area contributed by atoms with E-state index in [0.29, 0.717) is 29.3 Å². The summed E-state index contributed by atoms with van der Waals surface area (Å²) in [5.74, 6) is 2.14. The predicted molar refractivity (Wildman–Crippen MR) is 133 cm³/mol. The number of nitrogens with zero attached hydrogens (tertiary/aromatic N) is 6. The Balaban J connectivity index is 1.43. The second-order valence-corrected chi connectivity index (χ2v) is 11.7. The fourth-order valence-corrected chi connectivity index (χ4v) is 5.29. The van der Waals surface area contributed by atoms with Gasteiger partial charge in [0.25, 0.3) is 0 Å². The number of likely N-dealkylation sites (N-methyl/N-ethyl adjacent to an activating group) is 1. The van der Waals surface area contributed by atoms with Crippen LogP contribution in [0.2, 0.25) is 0 Å². The molecule has 34 heavy (non-hydrogen) atoms. The number of aryl methyl sites for hydroxylation is 1. The molecule has 0 fully saturated rings. The molecule has 2 aliphatic rings. The highest BCUT2D eigenvalue weighted by molar-refractivity contribution is 7.92. The van der Waals surface area contributed by atoms with Crippen LogP contribution in [0.15, 0.2) is 40.9 Å². The Labute approximate surface area is 199 Å². The van der Waals surface area contributed by atoms with Gasteiger partial charge in [-0.2, -0.15) is 14.6 Å². The zero-order valence-electron chi connectivity index (χ0n) is 19.4. The minimum atomic E-state index is -2.34. The molecule has 9 nitrogen and oxygen atoms in total. The molecule has 3 aromatic rings. The Morgan fingerprint density at radius 3 is 2.82 bits per heavy atom. The maximum atomic E-state index is 12.0. The molecule has 0 radical (unpaired) electrons. The second-order valence-electron chi connectivity index (χ2n) is 9.11. The standard InChI is InChI=1S/C24H26N8OS/c1-32-13-16-8-7-15-9-19(10-17(14-32)22(15)16)27-24-26-12-18(11-25)23(30-24)29-20-5-4-6-21(28-20)31-34(2,3)33/h4-6,9-10,12,16H,7-8,13-14H2,1-3H3,(H2,26,27,28,29,30). The van der Waals surface area contributed by atoms with Gasteiger partial charge in [0.2, 0.25) is 5.95 Å². The maximum Gasteiger partial charge on any atom is 0.229 e. The molecule has 0 spiro atoms. The predicted octanol–water partition coefficient (Wildman–Crippen LogP) is 4.06. The van der Waals surface area contributed by atoms with E-state index in [1.807, 2.05) is 0 Å². The number of rotatable bonds is 5. The average Bonchev–Trinajstić information content (AvgIpc) is 3.16. The molecule has 5 rings (SSSR count). The number of pyridine rings is 1. The molecule has 10 heteroatoms. The van der Waals surface area contributed by atoms with E-state index in [9.17, 15) is 9.47 Å². The number of nitrogens with one attached hydrogen (secondary N) is 2. The van der Waals surface area contributed by atoms with E-state index in [1.165, 1.54) is 29.3 Å². The van der Waals surface area contributed by atoms with Crippen molar-refractivity contribution in [1.29, 1.82) is 5.26 Å². The molecule has 2 aromatic heterocycles. The molecule has 174 valence electrons. The van der Waals surface area contributed by atoms with E-state index in [4.69, 9.17) is 0 Å². The smallest absolute Gasteiger partial charge is 0.229 e. The van der Waals surface area contributed by atoms with Gasteiger partial charge in [-0.25, -0.2) is 14.2 Å². The van der Waals surface area contributed by atoms with E-state index in [-0.39, 0.29) is 5.56 Å². The highest BCUT2D eigenvalue weighted by Crippen LogP contribution is 2.41. The maximum absolute atomic E-state index is 12.0. The van der Waals surface area contributed by atoms with E-state index in [1.54, 1.807) is 30.7 Å². The zero-order valence-corrected chi connectivity index (χ0v) is 20.2. The topological polar surface area (TPSA) is 119 Å². The van der Waals surface area contributed by atoms with Crippen molar-refractivity contribution in [3.05, 3.63) is 58.8 Å². The van der Waals surface area contributed by atoms with Crippen LogP contribution in [0, 0.1) is 11.3 Å². The summed E-state index contributed by atoms with van der Waals surface area (Å²) in [4.78, 5) is 15.6. The van der Waals surface area contributed by atoms with Crippen molar-refractivity contribution in [1.82, 2.24) is 19.9 Å². The first-order chi connectivity index (χ1) is 16.3. The van der Waals surface area contributed by atoms with Crippen molar-refractivity contribution >= 4 is 38.8 Å². The Morgan fingerprint density at radius 2 is 2.03 bits per heavy atom. The summed E-state index contributed by atoms with van der Waals surface area (Å²) in [5, 5.41) is 15.9. The largest absolute Gasteiger partial charge is 0.324 e. The van der Waals surface area contributed by atoms with Crippen LogP contribution in [-0.4, -0.2) is 50.2 Å². The Morgan fingerprint density at radius 1 is 1.21 bits per heavy atom. The van der Waals surface area contributed by atoms with Crippen LogP contribution in [-0.2, 0) is 22.7 Å². The molecule has 1 atom stereocenters. The SMILES string of the molecule is CN1Cc2cc(Nc3ncc(C#N)c(Nc4cccc(N=S(C)(C)=O)n4)n3)cc3c2C(CC3)C1. The summed E-state index contributed by atoms with van der Waals surface area (Å²) in [7, 11) is -0.175. The fraction of sp³-hybridized carbons (Fsp3) is 0.333. The molecular formula is C24H26N8OS. The van der Waals surface area contributed by atoms with Crippen molar-refractivity contribution in [2.45, 2.75) is 25.3 Å². The molecule has 1 aliphatic carbocycles. The lowest BCUT2D eigenvalue weighted by Gasteiger charge is -2.30. The lowest BCUT2D eigenvalue weighted by molar-refractivity contribution is 0.282. The second kappa shape index (κ2) is 8.66. The van der Waals surface area contributed by atoms with Crippen molar-refractivity contribution in [3.63, 3.8) is 0 Å². The average molecular weight is 475 g/mol. The van der Waals surface area contributed by atoms with E-state index in [2.05, 4.69) is 60.1 Å². The Bertz CT molecular complexity index is 1430. The number of nitriles is 1. The summed E-state index contributed by atoms with van der Waals surface area (Å²) in [6.07, 6.45) is 6.87. The van der Waals surface area contributed by atoms with Gasteiger partial charge in [-0.3, -0.25) is 0 Å². The van der Waals surface area contributed by atoms with E-state index >= 15 is 0 Å². The number of aromatic nitrogens is 3. The molecule has 1 aliphatic heterocycles. The van der Waals surface area contributed by atoms with Gasteiger partial charge >= 0.3 is 0 Å². The molecular weight excluding hydrogens is 448 g/mol. The van der Waals surface area contributed by atoms with Crippen LogP contribution in [0.4, 0.5) is 29.1 Å². The van der Waals surface area contributed by atoms with Gasteiger partial charge in [-0.1, -0.05) is 6.07 Å². The normalized spacial score (nSPS) is 17.1. The molecule has 0 amide bonds. The van der Waals surface area contributed by atoms with Gasteiger partial charge in [0.05, 0.1) is 6.20 Å². The van der Waals surface area contributed by atoms with Crippen LogP contribution >= 0.6 is 0 Å². The third-order valence-electron chi connectivity index (χ3n) is 5.95.